The van der Waals surface area contributed by atoms with E-state index in [-0.39, 0.29) is 0 Å². The van der Waals surface area contributed by atoms with E-state index < -0.39 is 5.97 Å². The summed E-state index contributed by atoms with van der Waals surface area (Å²) in [5.74, 6) is -0.928. The molecule has 15 heavy (non-hydrogen) atoms. The molecule has 4 heteroatoms. The van der Waals surface area contributed by atoms with Crippen LogP contribution in [0.3, 0.4) is 0 Å². The van der Waals surface area contributed by atoms with Crippen LogP contribution in [0, 0.1) is 6.92 Å². The highest BCUT2D eigenvalue weighted by molar-refractivity contribution is 6.34. The van der Waals surface area contributed by atoms with Gasteiger partial charge in [-0.2, -0.15) is 0 Å². The standard InChI is InChI=1S/C11H8ClNO2/c1-6-4-9-7(2-3-13-10(9)12)5-8(6)11(14)15/h2-5H,1H3,(H,14,15). The minimum atomic E-state index is -0.928. The number of hydrogen-bond acceptors (Lipinski definition) is 2. The number of rotatable bonds is 1. The van der Waals surface area contributed by atoms with Gasteiger partial charge in [-0.1, -0.05) is 11.6 Å². The number of aromatic carboxylic acids is 1. The van der Waals surface area contributed by atoms with E-state index in [4.69, 9.17) is 16.7 Å². The summed E-state index contributed by atoms with van der Waals surface area (Å²) in [4.78, 5) is 14.8. The second-order valence-electron chi connectivity index (χ2n) is 3.30. The first-order valence-electron chi connectivity index (χ1n) is 4.38. The Hall–Kier alpha value is -1.61. The molecule has 2 aromatic rings. The number of carboxylic acid groups (broad SMARTS) is 1. The number of aryl methyl sites for hydroxylation is 1. The summed E-state index contributed by atoms with van der Waals surface area (Å²) in [5, 5.41) is 10.9. The van der Waals surface area contributed by atoms with Crippen LogP contribution < -0.4 is 0 Å². The molecule has 0 aliphatic carbocycles. The first-order valence-corrected chi connectivity index (χ1v) is 4.75. The predicted octanol–water partition coefficient (Wildman–Crippen LogP) is 2.89. The van der Waals surface area contributed by atoms with E-state index in [1.165, 1.54) is 0 Å². The maximum Gasteiger partial charge on any atom is 0.335 e. The smallest absolute Gasteiger partial charge is 0.335 e. The van der Waals surface area contributed by atoms with Gasteiger partial charge in [-0.25, -0.2) is 9.78 Å². The molecule has 3 nitrogen and oxygen atoms in total. The molecule has 0 amide bonds. The molecule has 0 atom stereocenters. The highest BCUT2D eigenvalue weighted by atomic mass is 35.5. The van der Waals surface area contributed by atoms with Gasteiger partial charge < -0.3 is 5.11 Å². The summed E-state index contributed by atoms with van der Waals surface area (Å²) in [6, 6.07) is 5.10. The highest BCUT2D eigenvalue weighted by Gasteiger charge is 2.09. The van der Waals surface area contributed by atoms with Gasteiger partial charge in [-0.3, -0.25) is 0 Å². The third-order valence-corrected chi connectivity index (χ3v) is 2.59. The van der Waals surface area contributed by atoms with Crippen LogP contribution in [0.2, 0.25) is 5.15 Å². The zero-order chi connectivity index (χ0) is 11.0. The largest absolute Gasteiger partial charge is 0.478 e. The van der Waals surface area contributed by atoms with E-state index >= 15 is 0 Å². The predicted molar refractivity (Wildman–Crippen MR) is 58.4 cm³/mol. The van der Waals surface area contributed by atoms with Crippen LogP contribution >= 0.6 is 11.6 Å². The molecule has 0 aliphatic rings. The fourth-order valence-electron chi connectivity index (χ4n) is 1.52. The van der Waals surface area contributed by atoms with Gasteiger partial charge in [0.05, 0.1) is 5.56 Å². The lowest BCUT2D eigenvalue weighted by molar-refractivity contribution is 0.0696. The van der Waals surface area contributed by atoms with Crippen molar-refractivity contribution in [1.82, 2.24) is 4.98 Å². The zero-order valence-electron chi connectivity index (χ0n) is 7.99. The van der Waals surface area contributed by atoms with Crippen molar-refractivity contribution in [2.24, 2.45) is 0 Å². The van der Waals surface area contributed by atoms with Gasteiger partial charge in [0, 0.05) is 11.6 Å². The molecule has 0 aliphatic heterocycles. The van der Waals surface area contributed by atoms with Crippen LogP contribution in [-0.2, 0) is 0 Å². The zero-order valence-corrected chi connectivity index (χ0v) is 8.75. The first-order chi connectivity index (χ1) is 7.09. The summed E-state index contributed by atoms with van der Waals surface area (Å²) in [6.07, 6.45) is 1.56. The van der Waals surface area contributed by atoms with Crippen LogP contribution in [0.15, 0.2) is 24.4 Å². The molecule has 0 bridgehead atoms. The number of carboxylic acids is 1. The van der Waals surface area contributed by atoms with Crippen LogP contribution in [-0.4, -0.2) is 16.1 Å². The third-order valence-electron chi connectivity index (χ3n) is 2.29. The van der Waals surface area contributed by atoms with E-state index in [9.17, 15) is 4.79 Å². The van der Waals surface area contributed by atoms with E-state index in [0.717, 1.165) is 10.8 Å². The van der Waals surface area contributed by atoms with Gasteiger partial charge in [0.2, 0.25) is 0 Å². The second-order valence-corrected chi connectivity index (χ2v) is 3.65. The molecular formula is C11H8ClNO2. The number of benzene rings is 1. The molecule has 0 saturated heterocycles. The second kappa shape index (κ2) is 3.51. The van der Waals surface area contributed by atoms with Gasteiger partial charge in [0.25, 0.3) is 0 Å². The van der Waals surface area contributed by atoms with Crippen molar-refractivity contribution in [3.8, 4) is 0 Å². The van der Waals surface area contributed by atoms with Crippen molar-refractivity contribution in [2.75, 3.05) is 0 Å². The number of aromatic nitrogens is 1. The van der Waals surface area contributed by atoms with E-state index in [1.54, 1.807) is 31.3 Å². The first kappa shape index (κ1) is 9.93. The van der Waals surface area contributed by atoms with Gasteiger partial charge in [0.15, 0.2) is 0 Å². The monoisotopic (exact) mass is 221 g/mol. The normalized spacial score (nSPS) is 10.5. The van der Waals surface area contributed by atoms with Gasteiger partial charge in [-0.15, -0.1) is 0 Å². The van der Waals surface area contributed by atoms with Crippen molar-refractivity contribution in [2.45, 2.75) is 6.92 Å². The van der Waals surface area contributed by atoms with Crippen molar-refractivity contribution < 1.29 is 9.90 Å². The van der Waals surface area contributed by atoms with Crippen LogP contribution in [0.4, 0.5) is 0 Å². The van der Waals surface area contributed by atoms with Gasteiger partial charge in [-0.05, 0) is 36.1 Å². The Bertz CT molecular complexity index is 552. The molecule has 0 unspecified atom stereocenters. The lowest BCUT2D eigenvalue weighted by Crippen LogP contribution is -1.99. The Kier molecular flexibility index (Phi) is 2.32. The third kappa shape index (κ3) is 1.66. The lowest BCUT2D eigenvalue weighted by Gasteiger charge is -2.04. The summed E-state index contributed by atoms with van der Waals surface area (Å²) < 4.78 is 0. The average Bonchev–Trinajstić information content (AvgIpc) is 2.18. The molecule has 0 radical (unpaired) electrons. The summed E-state index contributed by atoms with van der Waals surface area (Å²) in [5.41, 5.74) is 0.981. The highest BCUT2D eigenvalue weighted by Crippen LogP contribution is 2.24. The minimum absolute atomic E-state index is 0.296. The Balaban J connectivity index is 2.82. The molecule has 0 spiro atoms. The van der Waals surface area contributed by atoms with Crippen LogP contribution in [0.25, 0.3) is 10.8 Å². The minimum Gasteiger partial charge on any atom is -0.478 e. The average molecular weight is 222 g/mol. The number of halogens is 1. The Morgan fingerprint density at radius 2 is 2.20 bits per heavy atom. The summed E-state index contributed by atoms with van der Waals surface area (Å²) >= 11 is 5.90. The molecule has 0 saturated carbocycles. The van der Waals surface area contributed by atoms with Gasteiger partial charge >= 0.3 is 5.97 Å². The molecule has 2 rings (SSSR count). The molecular weight excluding hydrogens is 214 g/mol. The molecule has 1 aromatic carbocycles. The Labute approximate surface area is 91.3 Å². The SMILES string of the molecule is Cc1cc2c(Cl)nccc2cc1C(=O)O. The molecule has 1 aromatic heterocycles. The fourth-order valence-corrected chi connectivity index (χ4v) is 1.74. The number of nitrogens with zero attached hydrogens (tertiary/aromatic N) is 1. The van der Waals surface area contributed by atoms with Crippen molar-refractivity contribution in [1.29, 1.82) is 0 Å². The van der Waals surface area contributed by atoms with Gasteiger partial charge in [0.1, 0.15) is 5.15 Å². The quantitative estimate of drug-likeness (QED) is 0.754. The number of fused-ring (bicyclic) bond motifs is 1. The Morgan fingerprint density at radius 1 is 1.47 bits per heavy atom. The fraction of sp³-hybridized carbons (Fsp3) is 0.0909. The van der Waals surface area contributed by atoms with Crippen molar-refractivity contribution in [3.05, 3.63) is 40.7 Å². The summed E-state index contributed by atoms with van der Waals surface area (Å²) in [7, 11) is 0. The van der Waals surface area contributed by atoms with Crippen LogP contribution in [0.1, 0.15) is 15.9 Å². The number of pyridine rings is 1. The van der Waals surface area contributed by atoms with Crippen LogP contribution in [0.5, 0.6) is 0 Å². The lowest BCUT2D eigenvalue weighted by atomic mass is 10.0. The van der Waals surface area contributed by atoms with Crippen molar-refractivity contribution in [3.63, 3.8) is 0 Å². The topological polar surface area (TPSA) is 50.2 Å². The van der Waals surface area contributed by atoms with E-state index in [1.807, 2.05) is 0 Å². The maximum absolute atomic E-state index is 10.9. The molecule has 76 valence electrons. The van der Waals surface area contributed by atoms with E-state index in [0.29, 0.717) is 16.3 Å². The summed E-state index contributed by atoms with van der Waals surface area (Å²) in [6.45, 7) is 1.74. The maximum atomic E-state index is 10.9. The van der Waals surface area contributed by atoms with Crippen molar-refractivity contribution >= 4 is 28.3 Å². The van der Waals surface area contributed by atoms with E-state index in [2.05, 4.69) is 4.98 Å². The Morgan fingerprint density at radius 3 is 2.87 bits per heavy atom. The molecule has 1 heterocycles. The molecule has 0 fully saturated rings. The molecule has 1 N–H and O–H groups in total. The number of carbonyl (C=O) groups is 1. The number of hydrogen-bond donors (Lipinski definition) is 1.